The molecule has 1 atom stereocenters. The molecular formula is C14H17BrN2O3. The van der Waals surface area contributed by atoms with Gasteiger partial charge in [0.1, 0.15) is 6.04 Å². The molecule has 1 aliphatic heterocycles. The molecule has 0 saturated carbocycles. The predicted octanol–water partition coefficient (Wildman–Crippen LogP) is 2.33. The lowest BCUT2D eigenvalue weighted by atomic mass is 10.2. The number of likely N-dealkylation sites (tertiary alicyclic amines) is 1. The van der Waals surface area contributed by atoms with E-state index in [0.29, 0.717) is 19.4 Å². The molecule has 1 heterocycles. The summed E-state index contributed by atoms with van der Waals surface area (Å²) in [5, 5.41) is 11.9. The Morgan fingerprint density at radius 2 is 2.05 bits per heavy atom. The van der Waals surface area contributed by atoms with E-state index in [1.165, 1.54) is 0 Å². The van der Waals surface area contributed by atoms with Crippen LogP contribution in [0.4, 0.5) is 5.69 Å². The van der Waals surface area contributed by atoms with E-state index in [1.807, 2.05) is 29.2 Å². The molecule has 1 aromatic carbocycles. The maximum absolute atomic E-state index is 11.8. The Morgan fingerprint density at radius 1 is 1.35 bits per heavy atom. The van der Waals surface area contributed by atoms with Gasteiger partial charge in [0.05, 0.1) is 0 Å². The van der Waals surface area contributed by atoms with Crippen molar-refractivity contribution in [1.29, 1.82) is 0 Å². The Balaban J connectivity index is 1.80. The molecule has 1 aliphatic rings. The topological polar surface area (TPSA) is 69.6 Å². The molecule has 1 fully saturated rings. The smallest absolute Gasteiger partial charge is 0.320 e. The van der Waals surface area contributed by atoms with E-state index in [2.05, 4.69) is 21.2 Å². The van der Waals surface area contributed by atoms with Gasteiger partial charge < -0.3 is 10.4 Å². The van der Waals surface area contributed by atoms with Crippen LogP contribution in [0.25, 0.3) is 0 Å². The van der Waals surface area contributed by atoms with E-state index in [0.717, 1.165) is 23.1 Å². The number of halogens is 1. The highest BCUT2D eigenvalue weighted by atomic mass is 79.9. The highest BCUT2D eigenvalue weighted by Crippen LogP contribution is 2.18. The lowest BCUT2D eigenvalue weighted by Gasteiger charge is -2.20. The summed E-state index contributed by atoms with van der Waals surface area (Å²) in [6, 6.07) is 6.92. The van der Waals surface area contributed by atoms with Crippen LogP contribution in [0.15, 0.2) is 28.7 Å². The number of anilines is 1. The maximum atomic E-state index is 11.8. The summed E-state index contributed by atoms with van der Waals surface area (Å²) in [5.74, 6) is -0.890. The van der Waals surface area contributed by atoms with E-state index in [9.17, 15) is 9.59 Å². The lowest BCUT2D eigenvalue weighted by molar-refractivity contribution is -0.142. The van der Waals surface area contributed by atoms with Crippen LogP contribution in [-0.2, 0) is 9.59 Å². The van der Waals surface area contributed by atoms with Crippen molar-refractivity contribution in [1.82, 2.24) is 4.90 Å². The van der Waals surface area contributed by atoms with Gasteiger partial charge in [-0.3, -0.25) is 14.5 Å². The average molecular weight is 341 g/mol. The standard InChI is InChI=1S/C14H17BrN2O3/c15-10-3-5-11(6-4-10)16-13(18)7-9-17-8-1-2-12(17)14(19)20/h3-6,12H,1-2,7-9H2,(H,16,18)(H,19,20). The van der Waals surface area contributed by atoms with Crippen LogP contribution in [-0.4, -0.2) is 41.0 Å². The zero-order valence-electron chi connectivity index (χ0n) is 11.0. The Kier molecular flexibility index (Phi) is 5.14. The molecule has 108 valence electrons. The fourth-order valence-electron chi connectivity index (χ4n) is 2.38. The van der Waals surface area contributed by atoms with Crippen LogP contribution in [0.1, 0.15) is 19.3 Å². The minimum Gasteiger partial charge on any atom is -0.480 e. The number of aliphatic carboxylic acids is 1. The van der Waals surface area contributed by atoms with E-state index >= 15 is 0 Å². The number of amides is 1. The van der Waals surface area contributed by atoms with Crippen molar-refractivity contribution in [3.05, 3.63) is 28.7 Å². The molecule has 1 amide bonds. The highest BCUT2D eigenvalue weighted by molar-refractivity contribution is 9.10. The first-order valence-corrected chi connectivity index (χ1v) is 7.38. The Labute approximate surface area is 126 Å². The number of hydrogen-bond acceptors (Lipinski definition) is 3. The van der Waals surface area contributed by atoms with Crippen molar-refractivity contribution in [3.8, 4) is 0 Å². The summed E-state index contributed by atoms with van der Waals surface area (Å²) in [4.78, 5) is 24.7. The van der Waals surface area contributed by atoms with Gasteiger partial charge >= 0.3 is 5.97 Å². The third-order valence-corrected chi connectivity index (χ3v) is 3.93. The van der Waals surface area contributed by atoms with Gasteiger partial charge in [-0.25, -0.2) is 0 Å². The van der Waals surface area contributed by atoms with Gasteiger partial charge in [0, 0.05) is 23.1 Å². The van der Waals surface area contributed by atoms with Gasteiger partial charge in [-0.05, 0) is 43.7 Å². The molecule has 20 heavy (non-hydrogen) atoms. The fraction of sp³-hybridized carbons (Fsp3) is 0.429. The van der Waals surface area contributed by atoms with Gasteiger partial charge in [0.25, 0.3) is 0 Å². The summed E-state index contributed by atoms with van der Waals surface area (Å²) in [6.45, 7) is 1.24. The monoisotopic (exact) mass is 340 g/mol. The molecular weight excluding hydrogens is 324 g/mol. The number of carbonyl (C=O) groups is 2. The summed E-state index contributed by atoms with van der Waals surface area (Å²) < 4.78 is 0.955. The van der Waals surface area contributed by atoms with Gasteiger partial charge in [-0.15, -0.1) is 0 Å². The van der Waals surface area contributed by atoms with Crippen molar-refractivity contribution in [2.45, 2.75) is 25.3 Å². The van der Waals surface area contributed by atoms with Gasteiger partial charge in [-0.2, -0.15) is 0 Å². The van der Waals surface area contributed by atoms with E-state index in [1.54, 1.807) is 0 Å². The van der Waals surface area contributed by atoms with Gasteiger partial charge in [-0.1, -0.05) is 15.9 Å². The first kappa shape index (κ1) is 15.0. The van der Waals surface area contributed by atoms with Crippen molar-refractivity contribution < 1.29 is 14.7 Å². The molecule has 1 unspecified atom stereocenters. The summed E-state index contributed by atoms with van der Waals surface area (Å²) in [7, 11) is 0. The number of carbonyl (C=O) groups excluding carboxylic acids is 1. The highest BCUT2D eigenvalue weighted by Gasteiger charge is 2.30. The number of benzene rings is 1. The number of carboxylic acid groups (broad SMARTS) is 1. The molecule has 5 nitrogen and oxygen atoms in total. The summed E-state index contributed by atoms with van der Waals surface area (Å²) >= 11 is 3.33. The maximum Gasteiger partial charge on any atom is 0.320 e. The minimum atomic E-state index is -0.796. The normalized spacial score (nSPS) is 18.9. The first-order valence-electron chi connectivity index (χ1n) is 6.58. The Bertz CT molecular complexity index is 490. The Morgan fingerprint density at radius 3 is 2.70 bits per heavy atom. The summed E-state index contributed by atoms with van der Waals surface area (Å²) in [6.07, 6.45) is 1.86. The van der Waals surface area contributed by atoms with Crippen molar-refractivity contribution in [3.63, 3.8) is 0 Å². The zero-order valence-corrected chi connectivity index (χ0v) is 12.6. The molecule has 1 saturated heterocycles. The van der Waals surface area contributed by atoms with E-state index in [-0.39, 0.29) is 5.91 Å². The van der Waals surface area contributed by atoms with Crippen molar-refractivity contribution >= 4 is 33.5 Å². The zero-order chi connectivity index (χ0) is 14.5. The fourth-order valence-corrected chi connectivity index (χ4v) is 2.64. The molecule has 2 rings (SSSR count). The number of nitrogens with zero attached hydrogens (tertiary/aromatic N) is 1. The third-order valence-electron chi connectivity index (χ3n) is 3.40. The van der Waals surface area contributed by atoms with Crippen molar-refractivity contribution in [2.24, 2.45) is 0 Å². The van der Waals surface area contributed by atoms with Crippen LogP contribution in [0.5, 0.6) is 0 Å². The number of rotatable bonds is 5. The van der Waals surface area contributed by atoms with E-state index < -0.39 is 12.0 Å². The van der Waals surface area contributed by atoms with E-state index in [4.69, 9.17) is 5.11 Å². The second-order valence-electron chi connectivity index (χ2n) is 4.84. The largest absolute Gasteiger partial charge is 0.480 e. The van der Waals surface area contributed by atoms with Gasteiger partial charge in [0.2, 0.25) is 5.91 Å². The Hall–Kier alpha value is -1.40. The average Bonchev–Trinajstić information content (AvgIpc) is 2.88. The summed E-state index contributed by atoms with van der Waals surface area (Å²) in [5.41, 5.74) is 0.745. The van der Waals surface area contributed by atoms with Gasteiger partial charge in [0.15, 0.2) is 0 Å². The van der Waals surface area contributed by atoms with Crippen LogP contribution < -0.4 is 5.32 Å². The quantitative estimate of drug-likeness (QED) is 0.862. The molecule has 0 spiro atoms. The molecule has 0 aromatic heterocycles. The molecule has 0 aliphatic carbocycles. The van der Waals surface area contributed by atoms with Crippen LogP contribution in [0, 0.1) is 0 Å². The van der Waals surface area contributed by atoms with Crippen LogP contribution >= 0.6 is 15.9 Å². The lowest BCUT2D eigenvalue weighted by Crippen LogP contribution is -2.37. The molecule has 0 radical (unpaired) electrons. The third kappa shape index (κ3) is 4.05. The predicted molar refractivity (Wildman–Crippen MR) is 79.6 cm³/mol. The number of hydrogen-bond donors (Lipinski definition) is 2. The van der Waals surface area contributed by atoms with Crippen LogP contribution in [0.2, 0.25) is 0 Å². The second kappa shape index (κ2) is 6.85. The minimum absolute atomic E-state index is 0.0941. The van der Waals surface area contributed by atoms with Crippen molar-refractivity contribution in [2.75, 3.05) is 18.4 Å². The SMILES string of the molecule is O=C(CCN1CCCC1C(=O)O)Nc1ccc(Br)cc1. The molecule has 2 N–H and O–H groups in total. The number of carboxylic acids is 1. The molecule has 1 aromatic rings. The molecule has 0 bridgehead atoms. The number of nitrogens with one attached hydrogen (secondary N) is 1. The van der Waals surface area contributed by atoms with Crippen LogP contribution in [0.3, 0.4) is 0 Å². The second-order valence-corrected chi connectivity index (χ2v) is 5.75. The molecule has 6 heteroatoms. The first-order chi connectivity index (χ1) is 9.56.